The summed E-state index contributed by atoms with van der Waals surface area (Å²) >= 11 is 0. The number of likely N-dealkylation sites (tertiary alicyclic amines) is 2. The molecular formula is C24H36N6O3. The molecule has 5 heterocycles. The number of carbonyl (C=O) groups is 1. The van der Waals surface area contributed by atoms with Crippen molar-refractivity contribution in [1.82, 2.24) is 24.3 Å². The molecule has 0 bridgehead atoms. The fourth-order valence-corrected chi connectivity index (χ4v) is 5.75. The van der Waals surface area contributed by atoms with Crippen molar-refractivity contribution in [2.45, 2.75) is 70.8 Å². The third-order valence-electron chi connectivity index (χ3n) is 7.23. The van der Waals surface area contributed by atoms with Gasteiger partial charge in [-0.2, -0.15) is 0 Å². The molecule has 180 valence electrons. The first-order chi connectivity index (χ1) is 15.7. The second kappa shape index (κ2) is 8.43. The van der Waals surface area contributed by atoms with Crippen LogP contribution >= 0.6 is 0 Å². The number of aromatic nitrogens is 3. The molecular weight excluding hydrogens is 420 g/mol. The molecule has 9 nitrogen and oxygen atoms in total. The summed E-state index contributed by atoms with van der Waals surface area (Å²) in [7, 11) is 0. The maximum Gasteiger partial charge on any atom is 0.410 e. The Morgan fingerprint density at radius 3 is 2.91 bits per heavy atom. The molecule has 2 aromatic heterocycles. The van der Waals surface area contributed by atoms with Gasteiger partial charge in [0, 0.05) is 37.8 Å². The Morgan fingerprint density at radius 1 is 1.24 bits per heavy atom. The lowest BCUT2D eigenvalue weighted by Gasteiger charge is -2.41. The number of hydrogen-bond acceptors (Lipinski definition) is 7. The van der Waals surface area contributed by atoms with Crippen LogP contribution in [0.3, 0.4) is 0 Å². The van der Waals surface area contributed by atoms with E-state index in [1.54, 1.807) is 0 Å². The zero-order chi connectivity index (χ0) is 23.2. The standard InChI is InChI=1S/C24H36N6O3/c1-23(2,3)33-22(31)29-12-9-24(15-29)8-4-10-28(14-24)13-17-5-6-19(32-17)30-11-7-18-20(25)26-16-27-21(18)30/h7,11,16-17,19H,4-6,8-10,12-15H2,1-3H3,(H2,25,26,27). The summed E-state index contributed by atoms with van der Waals surface area (Å²) in [6, 6.07) is 1.96. The molecule has 5 rings (SSSR count). The highest BCUT2D eigenvalue weighted by molar-refractivity contribution is 5.86. The van der Waals surface area contributed by atoms with Gasteiger partial charge in [-0.3, -0.25) is 0 Å². The van der Waals surface area contributed by atoms with E-state index in [0.29, 0.717) is 5.82 Å². The van der Waals surface area contributed by atoms with Crippen LogP contribution < -0.4 is 5.73 Å². The monoisotopic (exact) mass is 456 g/mol. The summed E-state index contributed by atoms with van der Waals surface area (Å²) in [4.78, 5) is 25.5. The average molecular weight is 457 g/mol. The van der Waals surface area contributed by atoms with Gasteiger partial charge in [-0.15, -0.1) is 0 Å². The molecule has 0 saturated carbocycles. The summed E-state index contributed by atoms with van der Waals surface area (Å²) in [5.74, 6) is 0.504. The summed E-state index contributed by atoms with van der Waals surface area (Å²) < 4.78 is 14.2. The summed E-state index contributed by atoms with van der Waals surface area (Å²) in [5, 5.41) is 0.873. The van der Waals surface area contributed by atoms with Crippen molar-refractivity contribution in [3.63, 3.8) is 0 Å². The first-order valence-corrected chi connectivity index (χ1v) is 12.1. The third-order valence-corrected chi connectivity index (χ3v) is 7.23. The van der Waals surface area contributed by atoms with Crippen molar-refractivity contribution < 1.29 is 14.3 Å². The van der Waals surface area contributed by atoms with Gasteiger partial charge in [-0.25, -0.2) is 14.8 Å². The Bertz CT molecular complexity index is 1020. The van der Waals surface area contributed by atoms with E-state index < -0.39 is 5.60 Å². The minimum atomic E-state index is -0.454. The number of fused-ring (bicyclic) bond motifs is 1. The Balaban J connectivity index is 1.18. The summed E-state index contributed by atoms with van der Waals surface area (Å²) in [5.41, 5.74) is 6.55. The minimum absolute atomic E-state index is 0.0188. The Kier molecular flexibility index (Phi) is 5.73. The van der Waals surface area contributed by atoms with E-state index in [-0.39, 0.29) is 23.8 Å². The van der Waals surface area contributed by atoms with Crippen LogP contribution in [0.25, 0.3) is 11.0 Å². The lowest BCUT2D eigenvalue weighted by Crippen LogP contribution is -2.47. The van der Waals surface area contributed by atoms with Gasteiger partial charge >= 0.3 is 6.09 Å². The number of nitrogens with zero attached hydrogens (tertiary/aromatic N) is 5. The molecule has 33 heavy (non-hydrogen) atoms. The van der Waals surface area contributed by atoms with Gasteiger partial charge in [0.2, 0.25) is 0 Å². The normalized spacial score (nSPS) is 28.8. The molecule has 3 unspecified atom stereocenters. The van der Waals surface area contributed by atoms with Crippen LogP contribution in [-0.2, 0) is 9.47 Å². The predicted molar refractivity (Wildman–Crippen MR) is 126 cm³/mol. The van der Waals surface area contributed by atoms with Crippen LogP contribution in [0.15, 0.2) is 18.6 Å². The number of amides is 1. The van der Waals surface area contributed by atoms with Crippen LogP contribution in [0.1, 0.15) is 59.1 Å². The molecule has 3 fully saturated rings. The number of carbonyl (C=O) groups excluding carboxylic acids is 1. The molecule has 2 N–H and O–H groups in total. The highest BCUT2D eigenvalue weighted by atomic mass is 16.6. The highest BCUT2D eigenvalue weighted by Gasteiger charge is 2.44. The van der Waals surface area contributed by atoms with E-state index >= 15 is 0 Å². The van der Waals surface area contributed by atoms with E-state index in [1.807, 2.05) is 37.9 Å². The minimum Gasteiger partial charge on any atom is -0.444 e. The molecule has 0 radical (unpaired) electrons. The van der Waals surface area contributed by atoms with Crippen molar-refractivity contribution >= 4 is 22.9 Å². The van der Waals surface area contributed by atoms with Gasteiger partial charge in [0.05, 0.1) is 11.5 Å². The van der Waals surface area contributed by atoms with E-state index in [2.05, 4.69) is 19.4 Å². The number of piperidine rings is 1. The molecule has 3 aliphatic rings. The lowest BCUT2D eigenvalue weighted by atomic mass is 9.79. The van der Waals surface area contributed by atoms with Crippen LogP contribution in [0.2, 0.25) is 0 Å². The van der Waals surface area contributed by atoms with Gasteiger partial charge in [-0.05, 0) is 65.5 Å². The van der Waals surface area contributed by atoms with E-state index in [9.17, 15) is 4.79 Å². The quantitative estimate of drug-likeness (QED) is 0.756. The van der Waals surface area contributed by atoms with Crippen LogP contribution in [0.4, 0.5) is 10.6 Å². The van der Waals surface area contributed by atoms with E-state index in [1.165, 1.54) is 12.7 Å². The third kappa shape index (κ3) is 4.66. The number of nitrogens with two attached hydrogens (primary N) is 1. The molecule has 9 heteroatoms. The molecule has 3 saturated heterocycles. The second-order valence-corrected chi connectivity index (χ2v) is 11.0. The average Bonchev–Trinajstić information content (AvgIpc) is 3.46. The fraction of sp³-hybridized carbons (Fsp3) is 0.708. The van der Waals surface area contributed by atoms with Crippen LogP contribution in [-0.4, -0.2) is 74.9 Å². The van der Waals surface area contributed by atoms with Gasteiger partial charge in [0.25, 0.3) is 0 Å². The van der Waals surface area contributed by atoms with Crippen molar-refractivity contribution in [3.05, 3.63) is 18.6 Å². The zero-order valence-corrected chi connectivity index (χ0v) is 20.0. The summed E-state index contributed by atoms with van der Waals surface area (Å²) in [6.07, 6.45) is 8.89. The maximum atomic E-state index is 12.6. The number of ether oxygens (including phenoxy) is 2. The molecule has 1 spiro atoms. The number of anilines is 1. The SMILES string of the molecule is CC(C)(C)OC(=O)N1CCC2(CCCN(CC3CCC(n4ccc5c(N)ncnc54)O3)C2)C1. The Morgan fingerprint density at radius 2 is 2.09 bits per heavy atom. The first kappa shape index (κ1) is 22.4. The molecule has 2 aromatic rings. The zero-order valence-electron chi connectivity index (χ0n) is 20.0. The highest BCUT2D eigenvalue weighted by Crippen LogP contribution is 2.40. The Hall–Kier alpha value is -2.39. The number of rotatable bonds is 3. The van der Waals surface area contributed by atoms with E-state index in [4.69, 9.17) is 15.2 Å². The van der Waals surface area contributed by atoms with Gasteiger partial charge in [-0.1, -0.05) is 0 Å². The van der Waals surface area contributed by atoms with E-state index in [0.717, 1.165) is 69.4 Å². The van der Waals surface area contributed by atoms with Crippen molar-refractivity contribution in [2.75, 3.05) is 38.5 Å². The summed E-state index contributed by atoms with van der Waals surface area (Å²) in [6.45, 7) is 10.4. The molecule has 1 amide bonds. The van der Waals surface area contributed by atoms with Gasteiger partial charge in [0.1, 0.15) is 29.6 Å². The lowest BCUT2D eigenvalue weighted by molar-refractivity contribution is -0.0243. The molecule has 0 aromatic carbocycles. The van der Waals surface area contributed by atoms with Crippen LogP contribution in [0.5, 0.6) is 0 Å². The molecule has 3 atom stereocenters. The van der Waals surface area contributed by atoms with Crippen molar-refractivity contribution in [2.24, 2.45) is 5.41 Å². The van der Waals surface area contributed by atoms with Crippen molar-refractivity contribution in [1.29, 1.82) is 0 Å². The van der Waals surface area contributed by atoms with Gasteiger partial charge < -0.3 is 29.6 Å². The largest absolute Gasteiger partial charge is 0.444 e. The smallest absolute Gasteiger partial charge is 0.410 e. The Labute approximate surface area is 195 Å². The topological polar surface area (TPSA) is 98.7 Å². The molecule has 3 aliphatic heterocycles. The van der Waals surface area contributed by atoms with Crippen molar-refractivity contribution in [3.8, 4) is 0 Å². The number of nitrogen functional groups attached to an aromatic ring is 1. The number of hydrogen-bond donors (Lipinski definition) is 1. The first-order valence-electron chi connectivity index (χ1n) is 12.1. The fourth-order valence-electron chi connectivity index (χ4n) is 5.75. The van der Waals surface area contributed by atoms with Gasteiger partial charge in [0.15, 0.2) is 0 Å². The maximum absolute atomic E-state index is 12.6. The second-order valence-electron chi connectivity index (χ2n) is 11.0. The molecule has 0 aliphatic carbocycles. The van der Waals surface area contributed by atoms with Crippen LogP contribution in [0, 0.1) is 5.41 Å². The predicted octanol–water partition coefficient (Wildman–Crippen LogP) is 3.41.